The first-order valence-electron chi connectivity index (χ1n) is 10.4. The van der Waals surface area contributed by atoms with Gasteiger partial charge in [0, 0.05) is 31.1 Å². The Hall–Kier alpha value is -1.77. The third-order valence-electron chi connectivity index (χ3n) is 6.07. The molecule has 0 bridgehead atoms. The molecule has 29 heavy (non-hydrogen) atoms. The molecule has 0 saturated carbocycles. The molecular weight excluding hydrogens is 388 g/mol. The molecule has 2 aliphatic rings. The second-order valence-electron chi connectivity index (χ2n) is 8.27. The highest BCUT2D eigenvalue weighted by Gasteiger charge is 2.42. The third-order valence-corrected chi connectivity index (χ3v) is 7.17. The van der Waals surface area contributed by atoms with E-state index in [1.54, 1.807) is 11.3 Å². The molecule has 0 N–H and O–H groups in total. The van der Waals surface area contributed by atoms with Crippen LogP contribution in [0.3, 0.4) is 0 Å². The van der Waals surface area contributed by atoms with Gasteiger partial charge in [0.15, 0.2) is 0 Å². The van der Waals surface area contributed by atoms with E-state index in [4.69, 9.17) is 19.4 Å². The van der Waals surface area contributed by atoms with Gasteiger partial charge in [0.25, 0.3) is 0 Å². The average molecular weight is 419 g/mol. The fraction of sp³-hybridized carbons (Fsp3) is 0.667. The summed E-state index contributed by atoms with van der Waals surface area (Å²) in [5, 5.41) is 1.13. The van der Waals surface area contributed by atoms with Crippen molar-refractivity contribution in [1.82, 2.24) is 14.9 Å². The summed E-state index contributed by atoms with van der Waals surface area (Å²) in [6.45, 7) is 14.0. The predicted molar refractivity (Wildman–Crippen MR) is 115 cm³/mol. The van der Waals surface area contributed by atoms with Crippen LogP contribution in [0.2, 0.25) is 0 Å². The molecule has 1 atom stereocenters. The minimum atomic E-state index is -0.489. The molecule has 2 aromatic rings. The Labute approximate surface area is 176 Å². The van der Waals surface area contributed by atoms with Crippen molar-refractivity contribution in [3.63, 3.8) is 0 Å². The number of aryl methyl sites for hydroxylation is 2. The van der Waals surface area contributed by atoms with Gasteiger partial charge in [-0.2, -0.15) is 0 Å². The van der Waals surface area contributed by atoms with Gasteiger partial charge in [-0.3, -0.25) is 9.69 Å². The number of fused-ring (bicyclic) bond motifs is 1. The molecule has 8 heteroatoms. The number of anilines is 1. The van der Waals surface area contributed by atoms with E-state index < -0.39 is 5.41 Å². The van der Waals surface area contributed by atoms with Crippen molar-refractivity contribution in [1.29, 1.82) is 0 Å². The van der Waals surface area contributed by atoms with Gasteiger partial charge in [-0.15, -0.1) is 11.3 Å². The monoisotopic (exact) mass is 418 g/mol. The van der Waals surface area contributed by atoms with E-state index in [9.17, 15) is 4.79 Å². The van der Waals surface area contributed by atoms with Gasteiger partial charge in [0.05, 0.1) is 37.2 Å². The second-order valence-corrected chi connectivity index (χ2v) is 9.47. The number of morpholine rings is 1. The zero-order valence-corrected chi connectivity index (χ0v) is 18.6. The number of esters is 1. The molecule has 0 aliphatic carbocycles. The number of hydrogen-bond donors (Lipinski definition) is 0. The lowest BCUT2D eigenvalue weighted by molar-refractivity contribution is -0.153. The third kappa shape index (κ3) is 3.98. The van der Waals surface area contributed by atoms with Crippen LogP contribution in [0.15, 0.2) is 0 Å². The summed E-state index contributed by atoms with van der Waals surface area (Å²) in [5.74, 6) is 1.70. The molecule has 4 rings (SSSR count). The summed E-state index contributed by atoms with van der Waals surface area (Å²) in [4.78, 5) is 29.3. The number of carbonyl (C=O) groups is 1. The standard InChI is InChI=1S/C21H30N4O3S/c1-5-28-20(26)21(4)6-7-25(13-21)18-17-14(2)15(3)29-19(17)23-16(22-18)12-24-8-10-27-11-9-24/h5-13H2,1-4H3. The maximum Gasteiger partial charge on any atom is 0.313 e. The van der Waals surface area contributed by atoms with Gasteiger partial charge < -0.3 is 14.4 Å². The van der Waals surface area contributed by atoms with Crippen LogP contribution in [0.4, 0.5) is 5.82 Å². The Morgan fingerprint density at radius 3 is 2.72 bits per heavy atom. The molecule has 0 amide bonds. The summed E-state index contributed by atoms with van der Waals surface area (Å²) in [6.07, 6.45) is 0.776. The zero-order valence-electron chi connectivity index (χ0n) is 17.8. The molecule has 4 heterocycles. The smallest absolute Gasteiger partial charge is 0.313 e. The van der Waals surface area contributed by atoms with Gasteiger partial charge >= 0.3 is 5.97 Å². The number of hydrogen-bond acceptors (Lipinski definition) is 8. The van der Waals surface area contributed by atoms with Gasteiger partial charge in [-0.05, 0) is 39.7 Å². The Morgan fingerprint density at radius 2 is 2.00 bits per heavy atom. The highest BCUT2D eigenvalue weighted by Crippen LogP contribution is 2.40. The lowest BCUT2D eigenvalue weighted by Crippen LogP contribution is -2.36. The maximum atomic E-state index is 12.5. The molecule has 158 valence electrons. The number of ether oxygens (including phenoxy) is 2. The molecule has 2 fully saturated rings. The maximum absolute atomic E-state index is 12.5. The van der Waals surface area contributed by atoms with Crippen LogP contribution < -0.4 is 4.90 Å². The predicted octanol–water partition coefficient (Wildman–Crippen LogP) is 2.92. The molecule has 0 radical (unpaired) electrons. The van der Waals surface area contributed by atoms with Crippen molar-refractivity contribution in [2.75, 3.05) is 50.9 Å². The summed E-state index contributed by atoms with van der Waals surface area (Å²) >= 11 is 1.73. The van der Waals surface area contributed by atoms with E-state index in [1.807, 2.05) is 13.8 Å². The fourth-order valence-corrected chi connectivity index (χ4v) is 5.19. The van der Waals surface area contributed by atoms with Crippen LogP contribution in [0.1, 0.15) is 36.5 Å². The largest absolute Gasteiger partial charge is 0.466 e. The quantitative estimate of drug-likeness (QED) is 0.692. The van der Waals surface area contributed by atoms with E-state index in [-0.39, 0.29) is 5.97 Å². The van der Waals surface area contributed by atoms with Crippen molar-refractivity contribution in [3.05, 3.63) is 16.3 Å². The highest BCUT2D eigenvalue weighted by molar-refractivity contribution is 7.18. The van der Waals surface area contributed by atoms with Crippen molar-refractivity contribution in [2.45, 2.75) is 40.7 Å². The van der Waals surface area contributed by atoms with E-state index in [0.29, 0.717) is 13.2 Å². The van der Waals surface area contributed by atoms with E-state index >= 15 is 0 Å². The molecular formula is C21H30N4O3S. The van der Waals surface area contributed by atoms with E-state index in [2.05, 4.69) is 23.6 Å². The molecule has 2 saturated heterocycles. The first kappa shape index (κ1) is 20.5. The summed E-state index contributed by atoms with van der Waals surface area (Å²) in [5.41, 5.74) is 0.749. The van der Waals surface area contributed by atoms with Crippen molar-refractivity contribution >= 4 is 33.3 Å². The molecule has 2 aromatic heterocycles. The Balaban J connectivity index is 1.67. The van der Waals surface area contributed by atoms with E-state index in [1.165, 1.54) is 10.4 Å². The summed E-state index contributed by atoms with van der Waals surface area (Å²) in [7, 11) is 0. The number of rotatable bonds is 5. The van der Waals surface area contributed by atoms with Crippen LogP contribution in [0.25, 0.3) is 10.2 Å². The topological polar surface area (TPSA) is 67.8 Å². The lowest BCUT2D eigenvalue weighted by Gasteiger charge is -2.27. The van der Waals surface area contributed by atoms with Crippen LogP contribution in [0, 0.1) is 19.3 Å². The summed E-state index contributed by atoms with van der Waals surface area (Å²) in [6, 6.07) is 0. The molecule has 0 aromatic carbocycles. The van der Waals surface area contributed by atoms with Gasteiger partial charge in [-0.25, -0.2) is 9.97 Å². The Morgan fingerprint density at radius 1 is 1.24 bits per heavy atom. The number of aromatic nitrogens is 2. The molecule has 0 spiro atoms. The minimum absolute atomic E-state index is 0.112. The van der Waals surface area contributed by atoms with Gasteiger partial charge in [-0.1, -0.05) is 0 Å². The van der Waals surface area contributed by atoms with Crippen LogP contribution >= 0.6 is 11.3 Å². The van der Waals surface area contributed by atoms with Gasteiger partial charge in [0.1, 0.15) is 16.5 Å². The number of carbonyl (C=O) groups excluding carboxylic acids is 1. The van der Waals surface area contributed by atoms with Crippen LogP contribution in [-0.2, 0) is 20.8 Å². The average Bonchev–Trinajstić information content (AvgIpc) is 3.24. The molecule has 7 nitrogen and oxygen atoms in total. The second kappa shape index (κ2) is 8.16. The van der Waals surface area contributed by atoms with Crippen molar-refractivity contribution in [2.24, 2.45) is 5.41 Å². The highest BCUT2D eigenvalue weighted by atomic mass is 32.1. The first-order valence-corrected chi connectivity index (χ1v) is 11.2. The fourth-order valence-electron chi connectivity index (χ4n) is 4.14. The van der Waals surface area contributed by atoms with Crippen LogP contribution in [-0.4, -0.2) is 66.8 Å². The van der Waals surface area contributed by atoms with Gasteiger partial charge in [0.2, 0.25) is 0 Å². The SMILES string of the molecule is CCOC(=O)C1(C)CCN(c2nc(CN3CCOCC3)nc3sc(C)c(C)c23)C1. The Bertz CT molecular complexity index is 909. The minimum Gasteiger partial charge on any atom is -0.466 e. The Kier molecular flexibility index (Phi) is 5.77. The number of thiophene rings is 1. The first-order chi connectivity index (χ1) is 13.9. The number of nitrogens with zero attached hydrogens (tertiary/aromatic N) is 4. The van der Waals surface area contributed by atoms with Crippen LogP contribution in [0.5, 0.6) is 0 Å². The summed E-state index contributed by atoms with van der Waals surface area (Å²) < 4.78 is 10.8. The molecule has 1 unspecified atom stereocenters. The van der Waals surface area contributed by atoms with E-state index in [0.717, 1.165) is 67.7 Å². The molecule has 2 aliphatic heterocycles. The zero-order chi connectivity index (χ0) is 20.6. The van der Waals surface area contributed by atoms with Crippen molar-refractivity contribution in [3.8, 4) is 0 Å². The normalized spacial score (nSPS) is 23.1. The van der Waals surface area contributed by atoms with Crippen molar-refractivity contribution < 1.29 is 14.3 Å². The lowest BCUT2D eigenvalue weighted by atomic mass is 9.90.